The molecule has 0 atom stereocenters. The third kappa shape index (κ3) is 4.47. The summed E-state index contributed by atoms with van der Waals surface area (Å²) in [6.07, 6.45) is 0. The molecule has 2 aromatic carbocycles. The van der Waals surface area contributed by atoms with E-state index in [0.29, 0.717) is 20.9 Å². The van der Waals surface area contributed by atoms with Gasteiger partial charge in [0.1, 0.15) is 5.82 Å². The number of halogens is 1. The maximum atomic E-state index is 13.1. The molecule has 29 heavy (non-hydrogen) atoms. The van der Waals surface area contributed by atoms with Crippen molar-refractivity contribution in [1.82, 2.24) is 9.29 Å². The predicted octanol–water partition coefficient (Wildman–Crippen LogP) is 4.50. The van der Waals surface area contributed by atoms with Gasteiger partial charge in [-0.1, -0.05) is 11.3 Å². The molecular weight excluding hydrogens is 413 g/mol. The number of carbonyl (C=O) groups is 1. The van der Waals surface area contributed by atoms with Gasteiger partial charge in [0.2, 0.25) is 10.0 Å². The lowest BCUT2D eigenvalue weighted by atomic mass is 10.2. The van der Waals surface area contributed by atoms with Gasteiger partial charge in [-0.3, -0.25) is 10.1 Å². The van der Waals surface area contributed by atoms with E-state index in [0.717, 1.165) is 0 Å². The van der Waals surface area contributed by atoms with Crippen molar-refractivity contribution in [3.63, 3.8) is 0 Å². The summed E-state index contributed by atoms with van der Waals surface area (Å²) in [6, 6.07) is 9.56. The second-order valence-corrected chi connectivity index (χ2v) is 10.0. The smallest absolute Gasteiger partial charge is 0.257 e. The van der Waals surface area contributed by atoms with Crippen LogP contribution in [0, 0.1) is 5.82 Å². The van der Waals surface area contributed by atoms with E-state index in [1.807, 2.05) is 27.7 Å². The zero-order valence-corrected chi connectivity index (χ0v) is 18.1. The molecule has 0 aliphatic rings. The molecule has 1 N–H and O–H groups in total. The Morgan fingerprint density at radius 3 is 2.28 bits per heavy atom. The summed E-state index contributed by atoms with van der Waals surface area (Å²) in [5.41, 5.74) is 0.891. The first kappa shape index (κ1) is 21.4. The Hall–Kier alpha value is -2.36. The Morgan fingerprint density at radius 1 is 1.07 bits per heavy atom. The van der Waals surface area contributed by atoms with Crippen molar-refractivity contribution in [2.75, 3.05) is 5.32 Å². The van der Waals surface area contributed by atoms with E-state index in [1.54, 1.807) is 12.1 Å². The number of carbonyl (C=O) groups excluding carboxylic acids is 1. The van der Waals surface area contributed by atoms with E-state index in [1.165, 1.54) is 46.0 Å². The minimum absolute atomic E-state index is 0.178. The Morgan fingerprint density at radius 2 is 1.69 bits per heavy atom. The van der Waals surface area contributed by atoms with Crippen LogP contribution in [0.3, 0.4) is 0 Å². The minimum Gasteiger partial charge on any atom is -0.298 e. The van der Waals surface area contributed by atoms with Gasteiger partial charge in [-0.15, -0.1) is 0 Å². The molecule has 154 valence electrons. The van der Waals surface area contributed by atoms with Gasteiger partial charge in [-0.2, -0.15) is 4.31 Å². The maximum absolute atomic E-state index is 13.1. The third-order valence-electron chi connectivity index (χ3n) is 4.28. The van der Waals surface area contributed by atoms with E-state index in [-0.39, 0.29) is 17.0 Å². The molecule has 1 amide bonds. The predicted molar refractivity (Wildman–Crippen MR) is 113 cm³/mol. The van der Waals surface area contributed by atoms with Gasteiger partial charge in [0.05, 0.1) is 15.1 Å². The number of rotatable bonds is 6. The quantitative estimate of drug-likeness (QED) is 0.618. The van der Waals surface area contributed by atoms with Crippen molar-refractivity contribution < 1.29 is 17.6 Å². The Kier molecular flexibility index (Phi) is 6.02. The maximum Gasteiger partial charge on any atom is 0.257 e. The van der Waals surface area contributed by atoms with Crippen LogP contribution in [0.2, 0.25) is 0 Å². The molecule has 1 heterocycles. The van der Waals surface area contributed by atoms with Crippen LogP contribution < -0.4 is 5.32 Å². The van der Waals surface area contributed by atoms with Crippen LogP contribution in [-0.2, 0) is 10.0 Å². The molecular formula is C20H22FN3O3S2. The summed E-state index contributed by atoms with van der Waals surface area (Å²) >= 11 is 1.18. The summed E-state index contributed by atoms with van der Waals surface area (Å²) in [7, 11) is -3.66. The number of nitrogens with zero attached hydrogens (tertiary/aromatic N) is 2. The molecule has 0 aliphatic carbocycles. The fraction of sp³-hybridized carbons (Fsp3) is 0.300. The van der Waals surface area contributed by atoms with Crippen LogP contribution in [0.25, 0.3) is 10.2 Å². The number of nitrogens with one attached hydrogen (secondary N) is 1. The average Bonchev–Trinajstić information content (AvgIpc) is 3.02. The van der Waals surface area contributed by atoms with E-state index in [2.05, 4.69) is 10.3 Å². The lowest BCUT2D eigenvalue weighted by Gasteiger charge is -2.29. The molecule has 0 bridgehead atoms. The molecule has 0 radical (unpaired) electrons. The largest absolute Gasteiger partial charge is 0.298 e. The summed E-state index contributed by atoms with van der Waals surface area (Å²) in [4.78, 5) is 16.8. The van der Waals surface area contributed by atoms with Crippen LogP contribution in [0.4, 0.5) is 9.52 Å². The van der Waals surface area contributed by atoms with Gasteiger partial charge in [0.25, 0.3) is 5.91 Å². The number of fused-ring (bicyclic) bond motifs is 1. The zero-order valence-electron chi connectivity index (χ0n) is 16.5. The molecule has 6 nitrogen and oxygen atoms in total. The Balaban J connectivity index is 1.90. The van der Waals surface area contributed by atoms with Crippen molar-refractivity contribution in [2.24, 2.45) is 0 Å². The summed E-state index contributed by atoms with van der Waals surface area (Å²) < 4.78 is 41.3. The first-order valence-corrected chi connectivity index (χ1v) is 11.4. The highest BCUT2D eigenvalue weighted by Gasteiger charge is 2.29. The lowest BCUT2D eigenvalue weighted by molar-refractivity contribution is 0.102. The van der Waals surface area contributed by atoms with Crippen molar-refractivity contribution in [1.29, 1.82) is 0 Å². The molecule has 0 saturated carbocycles. The van der Waals surface area contributed by atoms with Crippen molar-refractivity contribution in [2.45, 2.75) is 44.7 Å². The number of sulfonamides is 1. The number of benzene rings is 2. The van der Waals surface area contributed by atoms with Crippen LogP contribution in [0.5, 0.6) is 0 Å². The zero-order chi connectivity index (χ0) is 21.3. The highest BCUT2D eigenvalue weighted by molar-refractivity contribution is 7.89. The number of thiazole rings is 1. The standard InChI is InChI=1S/C20H22FN3O3S2/c1-12(2)24(13(3)4)29(26,27)16-9-10-17-18(11-16)28-20(22-17)23-19(25)14-5-7-15(21)8-6-14/h5-13H,1-4H3,(H,22,23,25). The number of aromatic nitrogens is 1. The first-order valence-electron chi connectivity index (χ1n) is 9.10. The lowest BCUT2D eigenvalue weighted by Crippen LogP contribution is -2.41. The fourth-order valence-electron chi connectivity index (χ4n) is 3.16. The molecule has 0 spiro atoms. The number of amides is 1. The topological polar surface area (TPSA) is 79.4 Å². The molecule has 3 aromatic rings. The number of anilines is 1. The number of hydrogen-bond donors (Lipinski definition) is 1. The summed E-state index contributed by atoms with van der Waals surface area (Å²) in [6.45, 7) is 7.36. The van der Waals surface area contributed by atoms with Crippen molar-refractivity contribution >= 4 is 42.6 Å². The summed E-state index contributed by atoms with van der Waals surface area (Å²) in [5.74, 6) is -0.838. The van der Waals surface area contributed by atoms with Gasteiger partial charge >= 0.3 is 0 Å². The molecule has 0 aliphatic heterocycles. The molecule has 0 saturated heterocycles. The van der Waals surface area contributed by atoms with E-state index in [9.17, 15) is 17.6 Å². The van der Waals surface area contributed by atoms with Gasteiger partial charge in [0.15, 0.2) is 5.13 Å². The van der Waals surface area contributed by atoms with E-state index >= 15 is 0 Å². The normalized spacial score (nSPS) is 12.3. The molecule has 1 aromatic heterocycles. The van der Waals surface area contributed by atoms with Crippen molar-refractivity contribution in [3.05, 3.63) is 53.8 Å². The average molecular weight is 436 g/mol. The monoisotopic (exact) mass is 435 g/mol. The summed E-state index contributed by atoms with van der Waals surface area (Å²) in [5, 5.41) is 3.01. The van der Waals surface area contributed by atoms with E-state index in [4.69, 9.17) is 0 Å². The van der Waals surface area contributed by atoms with Crippen LogP contribution >= 0.6 is 11.3 Å². The molecule has 3 rings (SSSR count). The highest BCUT2D eigenvalue weighted by atomic mass is 32.2. The van der Waals surface area contributed by atoms with Crippen LogP contribution in [0.15, 0.2) is 47.4 Å². The second-order valence-electron chi connectivity index (χ2n) is 7.13. The van der Waals surface area contributed by atoms with Crippen LogP contribution in [0.1, 0.15) is 38.1 Å². The van der Waals surface area contributed by atoms with Gasteiger partial charge < -0.3 is 0 Å². The Labute approximate surface area is 173 Å². The number of hydrogen-bond acceptors (Lipinski definition) is 5. The van der Waals surface area contributed by atoms with E-state index < -0.39 is 21.7 Å². The first-order chi connectivity index (χ1) is 13.6. The molecule has 9 heteroatoms. The third-order valence-corrected chi connectivity index (χ3v) is 7.46. The van der Waals surface area contributed by atoms with Crippen LogP contribution in [-0.4, -0.2) is 35.7 Å². The second kappa shape index (κ2) is 8.17. The fourth-order valence-corrected chi connectivity index (χ4v) is 6.00. The van der Waals surface area contributed by atoms with Crippen molar-refractivity contribution in [3.8, 4) is 0 Å². The highest BCUT2D eigenvalue weighted by Crippen LogP contribution is 2.30. The van der Waals surface area contributed by atoms with Gasteiger partial charge in [-0.25, -0.2) is 17.8 Å². The SMILES string of the molecule is CC(C)N(C(C)C)S(=O)(=O)c1ccc2nc(NC(=O)c3ccc(F)cc3)sc2c1. The molecule has 0 fully saturated rings. The minimum atomic E-state index is -3.66. The molecule has 0 unspecified atom stereocenters. The Bertz CT molecular complexity index is 1130. The van der Waals surface area contributed by atoms with Gasteiger partial charge in [-0.05, 0) is 70.2 Å². The van der Waals surface area contributed by atoms with Gasteiger partial charge in [0, 0.05) is 17.6 Å².